The van der Waals surface area contributed by atoms with Crippen LogP contribution in [-0.4, -0.2) is 29.8 Å². The minimum absolute atomic E-state index is 0.0258. The quantitative estimate of drug-likeness (QED) is 0.476. The highest BCUT2D eigenvalue weighted by Gasteiger charge is 2.10. The lowest BCUT2D eigenvalue weighted by Crippen LogP contribution is -2.08. The van der Waals surface area contributed by atoms with Crippen LogP contribution >= 0.6 is 11.6 Å². The van der Waals surface area contributed by atoms with Crippen molar-refractivity contribution in [3.05, 3.63) is 47.5 Å². The zero-order valence-electron chi connectivity index (χ0n) is 14.1. The summed E-state index contributed by atoms with van der Waals surface area (Å²) in [4.78, 5) is 8.49. The number of halogens is 2. The van der Waals surface area contributed by atoms with Crippen LogP contribution in [0.4, 0.5) is 21.6 Å². The molecule has 0 aliphatic heterocycles. The molecule has 6 nitrogen and oxygen atoms in total. The second-order valence-corrected chi connectivity index (χ2v) is 5.84. The molecule has 3 rings (SSSR count). The van der Waals surface area contributed by atoms with E-state index < -0.39 is 5.82 Å². The Labute approximate surface area is 155 Å². The largest absolute Gasteiger partial charge is 0.489 e. The molecule has 0 saturated heterocycles. The van der Waals surface area contributed by atoms with Gasteiger partial charge in [0.25, 0.3) is 0 Å². The smallest absolute Gasteiger partial charge is 0.144 e. The molecule has 1 aromatic heterocycles. The van der Waals surface area contributed by atoms with E-state index in [1.807, 2.05) is 6.92 Å². The Morgan fingerprint density at radius 2 is 2.04 bits per heavy atom. The molecule has 0 atom stereocenters. The lowest BCUT2D eigenvalue weighted by Gasteiger charge is -2.12. The maximum atomic E-state index is 13.3. The van der Waals surface area contributed by atoms with Gasteiger partial charge in [0.05, 0.1) is 22.8 Å². The maximum absolute atomic E-state index is 13.3. The highest BCUT2D eigenvalue weighted by Crippen LogP contribution is 2.32. The molecule has 3 N–H and O–H groups in total. The lowest BCUT2D eigenvalue weighted by molar-refractivity contribution is 0.110. The van der Waals surface area contributed by atoms with Gasteiger partial charge >= 0.3 is 0 Å². The molecule has 0 aliphatic carbocycles. The summed E-state index contributed by atoms with van der Waals surface area (Å²) in [5.74, 6) is 0.583. The van der Waals surface area contributed by atoms with Crippen LogP contribution in [0.1, 0.15) is 6.92 Å². The van der Waals surface area contributed by atoms with E-state index in [0.717, 1.165) is 0 Å². The molecule has 1 heterocycles. The summed E-state index contributed by atoms with van der Waals surface area (Å²) in [6.45, 7) is 3.43. The molecule has 26 heavy (non-hydrogen) atoms. The fraction of sp³-hybridized carbons (Fsp3) is 0.222. The number of anilines is 3. The standard InChI is InChI=1S/C18H18ClFN4O2/c1-2-25-5-6-26-17-9-16-12(8-15(17)21)18(23-10-22-16)24-11-3-4-14(20)13(19)7-11/h3-4,7-10H,2,5-6,21H2,1H3,(H,22,23,24). The van der Waals surface area contributed by atoms with Gasteiger partial charge in [0.15, 0.2) is 0 Å². The second kappa shape index (κ2) is 8.16. The van der Waals surface area contributed by atoms with Gasteiger partial charge < -0.3 is 20.5 Å². The zero-order chi connectivity index (χ0) is 18.5. The third-order valence-corrected chi connectivity index (χ3v) is 3.93. The van der Waals surface area contributed by atoms with Crippen LogP contribution in [-0.2, 0) is 4.74 Å². The van der Waals surface area contributed by atoms with Crippen molar-refractivity contribution in [1.29, 1.82) is 0 Å². The van der Waals surface area contributed by atoms with Gasteiger partial charge in [0.1, 0.15) is 30.3 Å². The summed E-state index contributed by atoms with van der Waals surface area (Å²) in [7, 11) is 0. The first-order valence-corrected chi connectivity index (χ1v) is 8.43. The topological polar surface area (TPSA) is 82.3 Å². The van der Waals surface area contributed by atoms with Crippen LogP contribution in [0, 0.1) is 5.82 Å². The van der Waals surface area contributed by atoms with Gasteiger partial charge in [-0.3, -0.25) is 0 Å². The predicted molar refractivity (Wildman–Crippen MR) is 101 cm³/mol. The van der Waals surface area contributed by atoms with Gasteiger partial charge in [0, 0.05) is 23.7 Å². The van der Waals surface area contributed by atoms with E-state index in [-0.39, 0.29) is 5.02 Å². The van der Waals surface area contributed by atoms with E-state index in [4.69, 9.17) is 26.8 Å². The number of hydrogen-bond acceptors (Lipinski definition) is 6. The number of benzene rings is 2. The SMILES string of the molecule is CCOCCOc1cc2ncnc(Nc3ccc(F)c(Cl)c3)c2cc1N. The zero-order valence-corrected chi connectivity index (χ0v) is 14.9. The minimum Gasteiger partial charge on any atom is -0.489 e. The number of rotatable bonds is 7. The average molecular weight is 377 g/mol. The number of aromatic nitrogens is 2. The first-order valence-electron chi connectivity index (χ1n) is 8.05. The van der Waals surface area contributed by atoms with Crippen LogP contribution in [0.15, 0.2) is 36.7 Å². The van der Waals surface area contributed by atoms with Crippen molar-refractivity contribution >= 4 is 39.7 Å². The van der Waals surface area contributed by atoms with Gasteiger partial charge in [-0.1, -0.05) is 11.6 Å². The molecule has 0 radical (unpaired) electrons. The molecule has 0 fully saturated rings. The van der Waals surface area contributed by atoms with Gasteiger partial charge in [-0.25, -0.2) is 14.4 Å². The number of nitrogens with zero attached hydrogens (tertiary/aromatic N) is 2. The van der Waals surface area contributed by atoms with Crippen LogP contribution in [0.2, 0.25) is 5.02 Å². The van der Waals surface area contributed by atoms with Crippen LogP contribution in [0.5, 0.6) is 5.75 Å². The van der Waals surface area contributed by atoms with Gasteiger partial charge in [-0.2, -0.15) is 0 Å². The van der Waals surface area contributed by atoms with Crippen LogP contribution in [0.3, 0.4) is 0 Å². The third kappa shape index (κ3) is 4.12. The molecule has 0 amide bonds. The Morgan fingerprint density at radius 3 is 2.81 bits per heavy atom. The van der Waals surface area contributed by atoms with Crippen molar-refractivity contribution in [2.24, 2.45) is 0 Å². The average Bonchev–Trinajstić information content (AvgIpc) is 2.63. The van der Waals surface area contributed by atoms with E-state index in [1.165, 1.54) is 18.5 Å². The van der Waals surface area contributed by atoms with Crippen molar-refractivity contribution in [2.45, 2.75) is 6.92 Å². The van der Waals surface area contributed by atoms with E-state index in [0.29, 0.717) is 53.7 Å². The Balaban J connectivity index is 1.87. The van der Waals surface area contributed by atoms with Gasteiger partial charge in [-0.15, -0.1) is 0 Å². The van der Waals surface area contributed by atoms with Crippen molar-refractivity contribution in [3.63, 3.8) is 0 Å². The van der Waals surface area contributed by atoms with Crippen molar-refractivity contribution in [3.8, 4) is 5.75 Å². The normalized spacial score (nSPS) is 10.9. The van der Waals surface area contributed by atoms with Gasteiger partial charge in [-0.05, 0) is 31.2 Å². The molecule has 0 aliphatic rings. The summed E-state index contributed by atoms with van der Waals surface area (Å²) in [5.41, 5.74) is 7.82. The van der Waals surface area contributed by atoms with E-state index in [1.54, 1.807) is 18.2 Å². The van der Waals surface area contributed by atoms with Crippen LogP contribution in [0.25, 0.3) is 10.9 Å². The number of hydrogen-bond donors (Lipinski definition) is 2. The molecule has 136 valence electrons. The Morgan fingerprint density at radius 1 is 1.19 bits per heavy atom. The third-order valence-electron chi connectivity index (χ3n) is 3.64. The second-order valence-electron chi connectivity index (χ2n) is 5.43. The Hall–Kier alpha value is -2.64. The number of nitrogens with two attached hydrogens (primary N) is 1. The highest BCUT2D eigenvalue weighted by molar-refractivity contribution is 6.31. The summed E-state index contributed by atoms with van der Waals surface area (Å²) in [6, 6.07) is 7.83. The molecular weight excluding hydrogens is 359 g/mol. The van der Waals surface area contributed by atoms with E-state index in [9.17, 15) is 4.39 Å². The highest BCUT2D eigenvalue weighted by atomic mass is 35.5. The van der Waals surface area contributed by atoms with E-state index >= 15 is 0 Å². The number of nitrogen functional groups attached to an aromatic ring is 1. The molecule has 0 unspecified atom stereocenters. The molecule has 8 heteroatoms. The van der Waals surface area contributed by atoms with Crippen LogP contribution < -0.4 is 15.8 Å². The molecule has 2 aromatic carbocycles. The summed E-state index contributed by atoms with van der Waals surface area (Å²) < 4.78 is 24.2. The molecule has 0 saturated carbocycles. The van der Waals surface area contributed by atoms with Crippen molar-refractivity contribution in [1.82, 2.24) is 9.97 Å². The summed E-state index contributed by atoms with van der Waals surface area (Å²) in [6.07, 6.45) is 1.43. The first kappa shape index (κ1) is 18.2. The maximum Gasteiger partial charge on any atom is 0.144 e. The van der Waals surface area contributed by atoms with Crippen molar-refractivity contribution < 1.29 is 13.9 Å². The monoisotopic (exact) mass is 376 g/mol. The fourth-order valence-electron chi connectivity index (χ4n) is 2.39. The fourth-order valence-corrected chi connectivity index (χ4v) is 2.57. The number of nitrogens with one attached hydrogen (secondary N) is 1. The first-order chi connectivity index (χ1) is 12.6. The molecular formula is C18H18ClFN4O2. The minimum atomic E-state index is -0.483. The summed E-state index contributed by atoms with van der Waals surface area (Å²) in [5, 5.41) is 3.84. The lowest BCUT2D eigenvalue weighted by atomic mass is 10.2. The number of fused-ring (bicyclic) bond motifs is 1. The predicted octanol–water partition coefficient (Wildman–Crippen LogP) is 4.16. The summed E-state index contributed by atoms with van der Waals surface area (Å²) >= 11 is 5.82. The number of ether oxygens (including phenoxy) is 2. The Kier molecular flexibility index (Phi) is 5.70. The van der Waals surface area contributed by atoms with E-state index in [2.05, 4.69) is 15.3 Å². The Bertz CT molecular complexity index is 923. The van der Waals surface area contributed by atoms with Crippen molar-refractivity contribution in [2.75, 3.05) is 30.9 Å². The van der Waals surface area contributed by atoms with Gasteiger partial charge in [0.2, 0.25) is 0 Å². The molecule has 0 spiro atoms. The molecule has 0 bridgehead atoms. The molecule has 3 aromatic rings.